The van der Waals surface area contributed by atoms with E-state index in [4.69, 9.17) is 21.7 Å². The third-order valence-corrected chi connectivity index (χ3v) is 4.46. The summed E-state index contributed by atoms with van der Waals surface area (Å²) in [5.41, 5.74) is 1.59. The molecule has 140 valence electrons. The molecule has 1 N–H and O–H groups in total. The zero-order valence-electron chi connectivity index (χ0n) is 15.2. The summed E-state index contributed by atoms with van der Waals surface area (Å²) in [7, 11) is 1.31. The number of benzene rings is 2. The van der Waals surface area contributed by atoms with Gasteiger partial charge in [0.05, 0.1) is 36.7 Å². The number of H-pyrrole nitrogens is 1. The maximum atomic E-state index is 12.8. The van der Waals surface area contributed by atoms with Crippen molar-refractivity contribution in [2.24, 2.45) is 0 Å². The fourth-order valence-corrected chi connectivity index (χ4v) is 2.99. The number of methoxy groups -OCH3 is 1. The van der Waals surface area contributed by atoms with Gasteiger partial charge in [-0.3, -0.25) is 9.36 Å². The second-order valence-electron chi connectivity index (χ2n) is 6.07. The molecule has 0 atom stereocenters. The van der Waals surface area contributed by atoms with Crippen LogP contribution in [0.25, 0.3) is 10.9 Å². The molecule has 0 aliphatic heterocycles. The Morgan fingerprint density at radius 1 is 1.19 bits per heavy atom. The van der Waals surface area contributed by atoms with E-state index in [1.165, 1.54) is 11.7 Å². The lowest BCUT2D eigenvalue weighted by molar-refractivity contribution is 0.0601. The van der Waals surface area contributed by atoms with Gasteiger partial charge in [-0.05, 0) is 54.5 Å². The average molecular weight is 384 g/mol. The van der Waals surface area contributed by atoms with Gasteiger partial charge in [-0.2, -0.15) is 0 Å². The van der Waals surface area contributed by atoms with Crippen molar-refractivity contribution in [1.82, 2.24) is 9.55 Å². The van der Waals surface area contributed by atoms with Crippen LogP contribution >= 0.6 is 12.2 Å². The topological polar surface area (TPSA) is 73.3 Å². The van der Waals surface area contributed by atoms with Gasteiger partial charge in [-0.1, -0.05) is 19.1 Å². The molecule has 7 heteroatoms. The first-order chi connectivity index (χ1) is 13.0. The van der Waals surface area contributed by atoms with Gasteiger partial charge < -0.3 is 14.5 Å². The quantitative estimate of drug-likeness (QED) is 0.518. The summed E-state index contributed by atoms with van der Waals surface area (Å²) in [5.74, 6) is 0.331. The molecular weight excluding hydrogens is 364 g/mol. The number of ether oxygens (including phenoxy) is 2. The Balaban J connectivity index is 1.94. The monoisotopic (exact) mass is 384 g/mol. The Morgan fingerprint density at radius 3 is 2.59 bits per heavy atom. The van der Waals surface area contributed by atoms with Crippen LogP contribution in [-0.4, -0.2) is 29.2 Å². The van der Waals surface area contributed by atoms with E-state index in [-0.39, 0.29) is 5.56 Å². The van der Waals surface area contributed by atoms with Crippen LogP contribution in [-0.2, 0) is 11.3 Å². The van der Waals surface area contributed by atoms with E-state index in [0.717, 1.165) is 17.7 Å². The summed E-state index contributed by atoms with van der Waals surface area (Å²) in [5, 5.41) is 0.458. The molecule has 0 spiro atoms. The Hall–Kier alpha value is -2.93. The molecule has 27 heavy (non-hydrogen) atoms. The van der Waals surface area contributed by atoms with Gasteiger partial charge in [0.1, 0.15) is 5.75 Å². The predicted octanol–water partition coefficient (Wildman–Crippen LogP) is 3.68. The molecule has 0 amide bonds. The van der Waals surface area contributed by atoms with Crippen LogP contribution in [0.1, 0.15) is 29.3 Å². The lowest BCUT2D eigenvalue weighted by Gasteiger charge is -2.10. The summed E-state index contributed by atoms with van der Waals surface area (Å²) in [4.78, 5) is 27.5. The predicted molar refractivity (Wildman–Crippen MR) is 106 cm³/mol. The van der Waals surface area contributed by atoms with Gasteiger partial charge >= 0.3 is 5.97 Å². The van der Waals surface area contributed by atoms with Crippen LogP contribution in [0.2, 0.25) is 0 Å². The minimum Gasteiger partial charge on any atom is -0.494 e. The Labute approximate surface area is 161 Å². The molecular formula is C20H20N2O4S. The van der Waals surface area contributed by atoms with E-state index in [2.05, 4.69) is 11.9 Å². The molecule has 0 saturated carbocycles. The highest BCUT2D eigenvalue weighted by Crippen LogP contribution is 2.15. The molecule has 2 aromatic carbocycles. The van der Waals surface area contributed by atoms with Crippen molar-refractivity contribution in [1.29, 1.82) is 0 Å². The van der Waals surface area contributed by atoms with Crippen LogP contribution in [0.4, 0.5) is 0 Å². The summed E-state index contributed by atoms with van der Waals surface area (Å²) < 4.78 is 12.1. The Morgan fingerprint density at radius 2 is 1.93 bits per heavy atom. The third-order valence-electron chi connectivity index (χ3n) is 4.14. The first-order valence-corrected chi connectivity index (χ1v) is 9.01. The number of esters is 1. The number of fused-ring (bicyclic) bond motifs is 1. The molecule has 0 aliphatic rings. The first kappa shape index (κ1) is 18.8. The number of carbonyl (C=O) groups excluding carboxylic acids is 1. The van der Waals surface area contributed by atoms with Crippen molar-refractivity contribution in [2.45, 2.75) is 19.9 Å². The van der Waals surface area contributed by atoms with Crippen LogP contribution in [0.5, 0.6) is 5.75 Å². The maximum absolute atomic E-state index is 12.8. The number of hydrogen-bond acceptors (Lipinski definition) is 5. The number of hydrogen-bond donors (Lipinski definition) is 1. The molecule has 1 heterocycles. The number of aromatic amines is 1. The van der Waals surface area contributed by atoms with Crippen molar-refractivity contribution < 1.29 is 14.3 Å². The van der Waals surface area contributed by atoms with Gasteiger partial charge in [0.2, 0.25) is 0 Å². The lowest BCUT2D eigenvalue weighted by atomic mass is 10.1. The van der Waals surface area contributed by atoms with Crippen LogP contribution < -0.4 is 10.3 Å². The van der Waals surface area contributed by atoms with Crippen LogP contribution in [0.15, 0.2) is 47.3 Å². The van der Waals surface area contributed by atoms with E-state index in [1.54, 1.807) is 18.2 Å². The normalized spacial score (nSPS) is 10.7. The SMILES string of the molecule is CCCOc1ccc(Cn2c(=S)[nH]c3cc(C(=O)OC)ccc3c2=O)cc1. The largest absolute Gasteiger partial charge is 0.494 e. The van der Waals surface area contributed by atoms with Crippen LogP contribution in [0.3, 0.4) is 0 Å². The minimum absolute atomic E-state index is 0.212. The Bertz CT molecular complexity index is 1080. The maximum Gasteiger partial charge on any atom is 0.337 e. The number of aromatic nitrogens is 2. The molecule has 0 radical (unpaired) electrons. The van der Waals surface area contributed by atoms with Gasteiger partial charge in [-0.15, -0.1) is 0 Å². The highest BCUT2D eigenvalue weighted by Gasteiger charge is 2.11. The van der Waals surface area contributed by atoms with Crippen molar-refractivity contribution in [3.63, 3.8) is 0 Å². The summed E-state index contributed by atoms with van der Waals surface area (Å²) >= 11 is 5.35. The van der Waals surface area contributed by atoms with E-state index in [9.17, 15) is 9.59 Å². The number of carbonyl (C=O) groups is 1. The van der Waals surface area contributed by atoms with Gasteiger partial charge in [0.25, 0.3) is 5.56 Å². The number of nitrogens with zero attached hydrogens (tertiary/aromatic N) is 1. The van der Waals surface area contributed by atoms with Gasteiger partial charge in [-0.25, -0.2) is 4.79 Å². The van der Waals surface area contributed by atoms with E-state index in [1.807, 2.05) is 24.3 Å². The molecule has 0 unspecified atom stereocenters. The van der Waals surface area contributed by atoms with E-state index < -0.39 is 5.97 Å². The summed E-state index contributed by atoms with van der Waals surface area (Å²) in [6, 6.07) is 12.3. The fourth-order valence-electron chi connectivity index (χ4n) is 2.74. The first-order valence-electron chi connectivity index (χ1n) is 8.60. The molecule has 6 nitrogen and oxygen atoms in total. The van der Waals surface area contributed by atoms with Crippen molar-refractivity contribution >= 4 is 29.1 Å². The standard InChI is InChI=1S/C20H20N2O4S/c1-3-10-26-15-7-4-13(5-8-15)12-22-18(23)16-9-6-14(19(24)25-2)11-17(16)21-20(22)27/h4-9,11H,3,10,12H2,1-2H3,(H,21,27). The van der Waals surface area contributed by atoms with Gasteiger partial charge in [0, 0.05) is 0 Å². The second kappa shape index (κ2) is 8.18. The highest BCUT2D eigenvalue weighted by molar-refractivity contribution is 7.71. The molecule has 3 rings (SSSR count). The van der Waals surface area contributed by atoms with E-state index >= 15 is 0 Å². The smallest absolute Gasteiger partial charge is 0.337 e. The molecule has 0 aliphatic carbocycles. The zero-order chi connectivity index (χ0) is 19.4. The molecule has 0 fully saturated rings. The van der Waals surface area contributed by atoms with Crippen molar-refractivity contribution in [3.8, 4) is 5.75 Å². The third kappa shape index (κ3) is 4.09. The Kier molecular flexibility index (Phi) is 5.71. The van der Waals surface area contributed by atoms with Crippen molar-refractivity contribution in [3.05, 3.63) is 68.7 Å². The van der Waals surface area contributed by atoms with Gasteiger partial charge in [0.15, 0.2) is 4.77 Å². The highest BCUT2D eigenvalue weighted by atomic mass is 32.1. The molecule has 0 bridgehead atoms. The molecule has 0 saturated heterocycles. The number of rotatable bonds is 6. The lowest BCUT2D eigenvalue weighted by Crippen LogP contribution is -2.23. The molecule has 3 aromatic rings. The number of nitrogens with one attached hydrogen (secondary N) is 1. The fraction of sp³-hybridized carbons (Fsp3) is 0.250. The summed E-state index contributed by atoms with van der Waals surface area (Å²) in [6.07, 6.45) is 0.946. The van der Waals surface area contributed by atoms with Crippen LogP contribution in [0, 0.1) is 4.77 Å². The minimum atomic E-state index is -0.467. The second-order valence-corrected chi connectivity index (χ2v) is 6.45. The molecule has 1 aromatic heterocycles. The van der Waals surface area contributed by atoms with E-state index in [0.29, 0.717) is 34.4 Å². The summed E-state index contributed by atoms with van der Waals surface area (Å²) in [6.45, 7) is 3.06. The zero-order valence-corrected chi connectivity index (χ0v) is 16.0. The van der Waals surface area contributed by atoms with Crippen molar-refractivity contribution in [2.75, 3.05) is 13.7 Å². The average Bonchev–Trinajstić information content (AvgIpc) is 2.69.